The van der Waals surface area contributed by atoms with Gasteiger partial charge in [-0.2, -0.15) is 0 Å². The highest BCUT2D eigenvalue weighted by Crippen LogP contribution is 2.09. The summed E-state index contributed by atoms with van der Waals surface area (Å²) in [4.78, 5) is 26.0. The van der Waals surface area contributed by atoms with Crippen molar-refractivity contribution in [2.24, 2.45) is 0 Å². The van der Waals surface area contributed by atoms with Crippen LogP contribution in [0.3, 0.4) is 0 Å². The van der Waals surface area contributed by atoms with Crippen LogP contribution >= 0.6 is 11.6 Å². The molecule has 1 N–H and O–H groups in total. The second-order valence-corrected chi connectivity index (χ2v) is 2.94. The summed E-state index contributed by atoms with van der Waals surface area (Å²) in [5.74, 6) is -0.708. The Kier molecular flexibility index (Phi) is 3.03. The summed E-state index contributed by atoms with van der Waals surface area (Å²) in [5.41, 5.74) is 0.00222. The van der Waals surface area contributed by atoms with E-state index in [4.69, 9.17) is 16.7 Å². The molecule has 0 aliphatic rings. The summed E-state index contributed by atoms with van der Waals surface area (Å²) < 4.78 is 0. The molecule has 1 rings (SSSR count). The smallest absolute Gasteiger partial charge is 0.414 e. The molecular formula is C8H7ClN2O3. The van der Waals surface area contributed by atoms with Gasteiger partial charge >= 0.3 is 6.09 Å². The molecule has 1 aromatic rings. The van der Waals surface area contributed by atoms with E-state index in [2.05, 4.69) is 4.98 Å². The number of imide groups is 1. The van der Waals surface area contributed by atoms with Crippen LogP contribution in [0.15, 0.2) is 18.3 Å². The first-order chi connectivity index (χ1) is 6.52. The third-order valence-corrected chi connectivity index (χ3v) is 1.77. The quantitative estimate of drug-likeness (QED) is 0.769. The molecule has 74 valence electrons. The molecule has 6 heteroatoms. The van der Waals surface area contributed by atoms with E-state index in [0.29, 0.717) is 9.92 Å². The lowest BCUT2D eigenvalue weighted by Crippen LogP contribution is -2.32. The molecule has 0 spiro atoms. The van der Waals surface area contributed by atoms with E-state index in [9.17, 15) is 9.59 Å². The van der Waals surface area contributed by atoms with E-state index >= 15 is 0 Å². The van der Waals surface area contributed by atoms with Crippen molar-refractivity contribution in [3.05, 3.63) is 29.0 Å². The topological polar surface area (TPSA) is 70.5 Å². The number of pyridine rings is 1. The van der Waals surface area contributed by atoms with Crippen LogP contribution in [0.4, 0.5) is 4.79 Å². The minimum atomic E-state index is -1.34. The fraction of sp³-hybridized carbons (Fsp3) is 0.125. The van der Waals surface area contributed by atoms with Gasteiger partial charge < -0.3 is 5.11 Å². The molecule has 0 radical (unpaired) electrons. The normalized spacial score (nSPS) is 9.57. The molecule has 5 nitrogen and oxygen atoms in total. The molecule has 0 aliphatic heterocycles. The fourth-order valence-electron chi connectivity index (χ4n) is 0.780. The highest BCUT2D eigenvalue weighted by molar-refractivity contribution is 6.30. The lowest BCUT2D eigenvalue weighted by molar-refractivity contribution is 0.0776. The van der Waals surface area contributed by atoms with Crippen molar-refractivity contribution in [1.29, 1.82) is 0 Å². The first-order valence-corrected chi connectivity index (χ1v) is 4.02. The Labute approximate surface area is 84.9 Å². The van der Waals surface area contributed by atoms with Gasteiger partial charge in [-0.3, -0.25) is 9.78 Å². The van der Waals surface area contributed by atoms with Crippen LogP contribution in [-0.4, -0.2) is 34.0 Å². The van der Waals surface area contributed by atoms with Crippen LogP contribution in [0.2, 0.25) is 5.02 Å². The molecular weight excluding hydrogens is 208 g/mol. The average Bonchev–Trinajstić information content (AvgIpc) is 2.15. The van der Waals surface area contributed by atoms with Gasteiger partial charge in [-0.15, -0.1) is 0 Å². The van der Waals surface area contributed by atoms with E-state index in [1.165, 1.54) is 18.3 Å². The van der Waals surface area contributed by atoms with Crippen LogP contribution in [0.1, 0.15) is 10.5 Å². The molecule has 0 unspecified atom stereocenters. The molecule has 0 aliphatic carbocycles. The largest absolute Gasteiger partial charge is 0.465 e. The Bertz CT molecular complexity index is 381. The van der Waals surface area contributed by atoms with Gasteiger partial charge in [0.05, 0.1) is 0 Å². The van der Waals surface area contributed by atoms with Crippen LogP contribution in [0.5, 0.6) is 0 Å². The van der Waals surface area contributed by atoms with Crippen molar-refractivity contribution < 1.29 is 14.7 Å². The SMILES string of the molecule is CN(C(=O)O)C(=O)c1cc(Cl)ccn1. The van der Waals surface area contributed by atoms with Gasteiger partial charge in [0.1, 0.15) is 5.69 Å². The van der Waals surface area contributed by atoms with Gasteiger partial charge in [0.2, 0.25) is 0 Å². The van der Waals surface area contributed by atoms with E-state index in [1.54, 1.807) is 0 Å². The van der Waals surface area contributed by atoms with Gasteiger partial charge in [-0.25, -0.2) is 9.69 Å². The molecule has 0 bridgehead atoms. The van der Waals surface area contributed by atoms with Crippen molar-refractivity contribution >= 4 is 23.6 Å². The summed E-state index contributed by atoms with van der Waals surface area (Å²) in [5, 5.41) is 8.86. The number of carbonyl (C=O) groups is 2. The third kappa shape index (κ3) is 2.20. The number of hydrogen-bond acceptors (Lipinski definition) is 3. The number of carboxylic acid groups (broad SMARTS) is 1. The van der Waals surface area contributed by atoms with E-state index in [1.807, 2.05) is 0 Å². The van der Waals surface area contributed by atoms with E-state index in [-0.39, 0.29) is 5.69 Å². The zero-order valence-corrected chi connectivity index (χ0v) is 8.02. The molecule has 0 atom stereocenters. The van der Waals surface area contributed by atoms with Gasteiger partial charge in [0, 0.05) is 18.3 Å². The number of halogens is 1. The first-order valence-electron chi connectivity index (χ1n) is 3.65. The number of nitrogens with zero attached hydrogens (tertiary/aromatic N) is 2. The molecule has 14 heavy (non-hydrogen) atoms. The molecule has 0 aromatic carbocycles. The summed E-state index contributed by atoms with van der Waals surface area (Å²) in [6, 6.07) is 2.81. The summed E-state index contributed by atoms with van der Waals surface area (Å²) >= 11 is 5.62. The Morgan fingerprint density at radius 3 is 2.71 bits per heavy atom. The van der Waals surface area contributed by atoms with Crippen molar-refractivity contribution in [2.45, 2.75) is 0 Å². The van der Waals surface area contributed by atoms with Crippen molar-refractivity contribution in [1.82, 2.24) is 9.88 Å². The number of amides is 2. The maximum atomic E-state index is 11.4. The van der Waals surface area contributed by atoms with E-state index in [0.717, 1.165) is 7.05 Å². The van der Waals surface area contributed by atoms with Crippen LogP contribution < -0.4 is 0 Å². The molecule has 0 saturated heterocycles. The zero-order chi connectivity index (χ0) is 10.7. The minimum absolute atomic E-state index is 0.00222. The van der Waals surface area contributed by atoms with Crippen molar-refractivity contribution in [3.63, 3.8) is 0 Å². The van der Waals surface area contributed by atoms with Gasteiger partial charge in [-0.05, 0) is 12.1 Å². The number of hydrogen-bond donors (Lipinski definition) is 1. The third-order valence-electron chi connectivity index (χ3n) is 1.53. The summed E-state index contributed by atoms with van der Waals surface area (Å²) in [7, 11) is 1.15. The Morgan fingerprint density at radius 1 is 1.57 bits per heavy atom. The highest BCUT2D eigenvalue weighted by atomic mass is 35.5. The monoisotopic (exact) mass is 214 g/mol. The lowest BCUT2D eigenvalue weighted by atomic mass is 10.3. The Balaban J connectivity index is 2.95. The van der Waals surface area contributed by atoms with Gasteiger partial charge in [-0.1, -0.05) is 11.6 Å². The number of aromatic nitrogens is 1. The Hall–Kier alpha value is -1.62. The lowest BCUT2D eigenvalue weighted by Gasteiger charge is -2.09. The molecule has 0 fully saturated rings. The molecule has 2 amide bonds. The predicted octanol–water partition coefficient (Wildman–Crippen LogP) is 1.49. The predicted molar refractivity (Wildman–Crippen MR) is 49.4 cm³/mol. The maximum Gasteiger partial charge on any atom is 0.414 e. The van der Waals surface area contributed by atoms with Crippen LogP contribution in [0.25, 0.3) is 0 Å². The molecule has 0 saturated carbocycles. The fourth-order valence-corrected chi connectivity index (χ4v) is 0.940. The standard InChI is InChI=1S/C8H7ClN2O3/c1-11(8(13)14)7(12)6-4-5(9)2-3-10-6/h2-4H,1H3,(H,13,14). The van der Waals surface area contributed by atoms with Gasteiger partial charge in [0.25, 0.3) is 5.91 Å². The zero-order valence-electron chi connectivity index (χ0n) is 7.27. The van der Waals surface area contributed by atoms with Crippen LogP contribution in [-0.2, 0) is 0 Å². The summed E-state index contributed by atoms with van der Waals surface area (Å²) in [6.07, 6.45) is 0.00223. The van der Waals surface area contributed by atoms with Crippen LogP contribution in [0, 0.1) is 0 Å². The molecule has 1 aromatic heterocycles. The van der Waals surface area contributed by atoms with E-state index < -0.39 is 12.0 Å². The number of carbonyl (C=O) groups excluding carboxylic acids is 1. The second-order valence-electron chi connectivity index (χ2n) is 2.51. The average molecular weight is 215 g/mol. The van der Waals surface area contributed by atoms with Crippen molar-refractivity contribution in [3.8, 4) is 0 Å². The molecule has 1 heterocycles. The minimum Gasteiger partial charge on any atom is -0.465 e. The number of rotatable bonds is 1. The maximum absolute atomic E-state index is 11.4. The highest BCUT2D eigenvalue weighted by Gasteiger charge is 2.18. The summed E-state index contributed by atoms with van der Waals surface area (Å²) in [6.45, 7) is 0. The second kappa shape index (κ2) is 4.06. The van der Waals surface area contributed by atoms with Crippen molar-refractivity contribution in [2.75, 3.05) is 7.05 Å². The Morgan fingerprint density at radius 2 is 2.21 bits per heavy atom. The van der Waals surface area contributed by atoms with Gasteiger partial charge in [0.15, 0.2) is 0 Å². The first kappa shape index (κ1) is 10.5.